The molecule has 0 radical (unpaired) electrons. The van der Waals surface area contributed by atoms with Crippen LogP contribution in [0.15, 0.2) is 18.3 Å². The Morgan fingerprint density at radius 3 is 3.00 bits per heavy atom. The molecule has 1 aromatic heterocycles. The summed E-state index contributed by atoms with van der Waals surface area (Å²) in [5, 5.41) is 10.1. The van der Waals surface area contributed by atoms with Gasteiger partial charge in [0, 0.05) is 18.8 Å². The van der Waals surface area contributed by atoms with Crippen LogP contribution in [0.3, 0.4) is 0 Å². The zero-order chi connectivity index (χ0) is 8.97. The first-order valence-corrected chi connectivity index (χ1v) is 3.62. The summed E-state index contributed by atoms with van der Waals surface area (Å²) >= 11 is 0. The molecule has 4 heteroatoms. The lowest BCUT2D eigenvalue weighted by Crippen LogP contribution is -2.12. The standard InChI is InChI=1S/C8H12N2O2/c1-10(11)6-7-4-3-5-9-8(7)12-2/h3-5,11H,6H2,1-2H3. The molecule has 4 nitrogen and oxygen atoms in total. The first kappa shape index (κ1) is 8.96. The monoisotopic (exact) mass is 168 g/mol. The molecule has 0 aliphatic carbocycles. The van der Waals surface area contributed by atoms with Gasteiger partial charge in [0.25, 0.3) is 0 Å². The van der Waals surface area contributed by atoms with Gasteiger partial charge in [0.05, 0.1) is 13.7 Å². The van der Waals surface area contributed by atoms with E-state index < -0.39 is 0 Å². The van der Waals surface area contributed by atoms with E-state index in [-0.39, 0.29) is 0 Å². The van der Waals surface area contributed by atoms with Crippen LogP contribution in [0.1, 0.15) is 5.56 Å². The van der Waals surface area contributed by atoms with Crippen LogP contribution in [-0.2, 0) is 6.54 Å². The Labute approximate surface area is 71.4 Å². The molecule has 1 N–H and O–H groups in total. The second kappa shape index (κ2) is 4.04. The highest BCUT2D eigenvalue weighted by Crippen LogP contribution is 2.14. The third kappa shape index (κ3) is 2.18. The topological polar surface area (TPSA) is 45.6 Å². The van der Waals surface area contributed by atoms with Crippen LogP contribution in [0.4, 0.5) is 0 Å². The maximum Gasteiger partial charge on any atom is 0.217 e. The zero-order valence-corrected chi connectivity index (χ0v) is 7.19. The minimum atomic E-state index is 0.414. The molecule has 0 aliphatic heterocycles. The molecule has 66 valence electrons. The van der Waals surface area contributed by atoms with Gasteiger partial charge in [0.15, 0.2) is 0 Å². The number of ether oxygens (including phenoxy) is 1. The van der Waals surface area contributed by atoms with Crippen molar-refractivity contribution in [3.8, 4) is 5.88 Å². The van der Waals surface area contributed by atoms with E-state index in [0.29, 0.717) is 12.4 Å². The maximum atomic E-state index is 8.98. The Kier molecular flexibility index (Phi) is 3.01. The summed E-state index contributed by atoms with van der Waals surface area (Å²) in [6.45, 7) is 0.414. The van der Waals surface area contributed by atoms with Gasteiger partial charge in [-0.3, -0.25) is 0 Å². The minimum Gasteiger partial charge on any atom is -0.481 e. The molecule has 0 saturated heterocycles. The van der Waals surface area contributed by atoms with E-state index >= 15 is 0 Å². The van der Waals surface area contributed by atoms with Crippen LogP contribution in [-0.4, -0.2) is 29.4 Å². The van der Waals surface area contributed by atoms with E-state index in [1.54, 1.807) is 26.4 Å². The average molecular weight is 168 g/mol. The summed E-state index contributed by atoms with van der Waals surface area (Å²) in [5.41, 5.74) is 0.866. The largest absolute Gasteiger partial charge is 0.481 e. The first-order valence-electron chi connectivity index (χ1n) is 3.62. The van der Waals surface area contributed by atoms with Crippen molar-refractivity contribution >= 4 is 0 Å². The van der Waals surface area contributed by atoms with E-state index in [1.807, 2.05) is 6.07 Å². The lowest BCUT2D eigenvalue weighted by molar-refractivity contribution is -0.0736. The van der Waals surface area contributed by atoms with E-state index in [9.17, 15) is 0 Å². The van der Waals surface area contributed by atoms with Gasteiger partial charge >= 0.3 is 0 Å². The molecule has 0 fully saturated rings. The van der Waals surface area contributed by atoms with E-state index in [4.69, 9.17) is 9.94 Å². The Hall–Kier alpha value is -1.13. The molecule has 12 heavy (non-hydrogen) atoms. The molecule has 0 amide bonds. The Morgan fingerprint density at radius 1 is 1.67 bits per heavy atom. The molecule has 0 spiro atoms. The summed E-state index contributed by atoms with van der Waals surface area (Å²) in [6, 6.07) is 3.67. The third-order valence-corrected chi connectivity index (χ3v) is 1.44. The van der Waals surface area contributed by atoms with Crippen molar-refractivity contribution in [1.29, 1.82) is 0 Å². The molecular formula is C8H12N2O2. The van der Waals surface area contributed by atoms with Gasteiger partial charge in [-0.2, -0.15) is 5.06 Å². The third-order valence-electron chi connectivity index (χ3n) is 1.44. The smallest absolute Gasteiger partial charge is 0.217 e. The van der Waals surface area contributed by atoms with Gasteiger partial charge in [-0.05, 0) is 6.07 Å². The van der Waals surface area contributed by atoms with Crippen molar-refractivity contribution in [1.82, 2.24) is 10.0 Å². The molecule has 0 aliphatic rings. The van der Waals surface area contributed by atoms with Crippen molar-refractivity contribution in [3.05, 3.63) is 23.9 Å². The van der Waals surface area contributed by atoms with Crippen LogP contribution >= 0.6 is 0 Å². The number of hydrogen-bond donors (Lipinski definition) is 1. The number of rotatable bonds is 3. The number of pyridine rings is 1. The van der Waals surface area contributed by atoms with Crippen molar-refractivity contribution in [2.75, 3.05) is 14.2 Å². The van der Waals surface area contributed by atoms with Gasteiger partial charge in [-0.15, -0.1) is 0 Å². The van der Waals surface area contributed by atoms with Crippen molar-refractivity contribution in [2.24, 2.45) is 0 Å². The highest BCUT2D eigenvalue weighted by molar-refractivity contribution is 5.24. The highest BCUT2D eigenvalue weighted by atomic mass is 16.5. The molecule has 0 aromatic carbocycles. The summed E-state index contributed by atoms with van der Waals surface area (Å²) < 4.78 is 5.00. The summed E-state index contributed by atoms with van der Waals surface area (Å²) in [6.07, 6.45) is 1.65. The molecular weight excluding hydrogens is 156 g/mol. The normalized spacial score (nSPS) is 10.3. The van der Waals surface area contributed by atoms with E-state index in [1.165, 1.54) is 0 Å². The maximum absolute atomic E-state index is 8.98. The fraction of sp³-hybridized carbons (Fsp3) is 0.375. The molecule has 1 rings (SSSR count). The Morgan fingerprint density at radius 2 is 2.42 bits per heavy atom. The van der Waals surface area contributed by atoms with Gasteiger partial charge in [0.2, 0.25) is 5.88 Å². The number of methoxy groups -OCH3 is 1. The van der Waals surface area contributed by atoms with Crippen molar-refractivity contribution < 1.29 is 9.94 Å². The molecule has 1 heterocycles. The summed E-state index contributed by atoms with van der Waals surface area (Å²) in [4.78, 5) is 3.99. The second-order valence-electron chi connectivity index (χ2n) is 2.49. The highest BCUT2D eigenvalue weighted by Gasteiger charge is 2.03. The van der Waals surface area contributed by atoms with Crippen molar-refractivity contribution in [3.63, 3.8) is 0 Å². The fourth-order valence-electron chi connectivity index (χ4n) is 0.975. The quantitative estimate of drug-likeness (QED) is 0.681. The number of nitrogens with zero attached hydrogens (tertiary/aromatic N) is 2. The number of hydroxylamine groups is 2. The fourth-order valence-corrected chi connectivity index (χ4v) is 0.975. The molecule has 0 saturated carbocycles. The average Bonchev–Trinajstić information content (AvgIpc) is 2.04. The molecule has 0 unspecified atom stereocenters. The SMILES string of the molecule is COc1ncccc1CN(C)O. The summed E-state index contributed by atoms with van der Waals surface area (Å²) in [5.74, 6) is 0.554. The summed E-state index contributed by atoms with van der Waals surface area (Å²) in [7, 11) is 3.13. The van der Waals surface area contributed by atoms with Gasteiger partial charge < -0.3 is 9.94 Å². The number of hydrogen-bond acceptors (Lipinski definition) is 4. The number of aromatic nitrogens is 1. The van der Waals surface area contributed by atoms with Crippen LogP contribution in [0.5, 0.6) is 5.88 Å². The van der Waals surface area contributed by atoms with E-state index in [0.717, 1.165) is 10.6 Å². The Balaban J connectivity index is 2.82. The molecule has 0 bridgehead atoms. The first-order chi connectivity index (χ1) is 5.74. The van der Waals surface area contributed by atoms with Gasteiger partial charge in [0.1, 0.15) is 0 Å². The van der Waals surface area contributed by atoms with Crippen LogP contribution in [0.25, 0.3) is 0 Å². The second-order valence-corrected chi connectivity index (χ2v) is 2.49. The zero-order valence-electron chi connectivity index (χ0n) is 7.19. The molecule has 0 atom stereocenters. The van der Waals surface area contributed by atoms with Gasteiger partial charge in [-0.1, -0.05) is 6.07 Å². The van der Waals surface area contributed by atoms with Crippen LogP contribution in [0.2, 0.25) is 0 Å². The van der Waals surface area contributed by atoms with Crippen molar-refractivity contribution in [2.45, 2.75) is 6.54 Å². The predicted molar refractivity (Wildman–Crippen MR) is 44.0 cm³/mol. The predicted octanol–water partition coefficient (Wildman–Crippen LogP) is 0.911. The minimum absolute atomic E-state index is 0.414. The van der Waals surface area contributed by atoms with Crippen LogP contribution in [0, 0.1) is 0 Å². The molecule has 1 aromatic rings. The van der Waals surface area contributed by atoms with Crippen LogP contribution < -0.4 is 4.74 Å². The van der Waals surface area contributed by atoms with E-state index in [2.05, 4.69) is 4.98 Å². The lowest BCUT2D eigenvalue weighted by atomic mass is 10.3. The van der Waals surface area contributed by atoms with Gasteiger partial charge in [-0.25, -0.2) is 4.98 Å². The lowest BCUT2D eigenvalue weighted by Gasteiger charge is -2.10. The Bertz CT molecular complexity index is 251.